The van der Waals surface area contributed by atoms with Crippen molar-refractivity contribution >= 4 is 29.0 Å². The second kappa shape index (κ2) is 9.79. The first kappa shape index (κ1) is 25.2. The summed E-state index contributed by atoms with van der Waals surface area (Å²) in [7, 11) is 0. The molecule has 2 aromatic carbocycles. The molecule has 0 spiro atoms. The Labute approximate surface area is 217 Å². The molecular weight excluding hydrogens is 492 g/mol. The zero-order chi connectivity index (χ0) is 27.1. The smallest absolute Gasteiger partial charge is 0.345 e. The number of Topliss-reactive ketones (excluding diaryl/α,β-unsaturated/α-hetero) is 1. The van der Waals surface area contributed by atoms with Gasteiger partial charge >= 0.3 is 5.97 Å². The lowest BCUT2D eigenvalue weighted by molar-refractivity contribution is -0.385. The van der Waals surface area contributed by atoms with Crippen molar-refractivity contribution in [3.8, 4) is 0 Å². The summed E-state index contributed by atoms with van der Waals surface area (Å²) in [6.07, 6.45) is 2.01. The minimum atomic E-state index is -1.14. The zero-order valence-corrected chi connectivity index (χ0v) is 20.8. The number of carbonyl (C=O) groups excluding carboxylic acids is 4. The summed E-state index contributed by atoms with van der Waals surface area (Å²) >= 11 is 0. The first-order chi connectivity index (χ1) is 18.2. The van der Waals surface area contributed by atoms with Crippen LogP contribution < -0.4 is 0 Å². The van der Waals surface area contributed by atoms with Gasteiger partial charge < -0.3 is 14.0 Å². The number of ketones is 3. The number of carbonyl (C=O) groups is 4. The number of aryl methyl sites for hydroxylation is 1. The Hall–Kier alpha value is -4.44. The summed E-state index contributed by atoms with van der Waals surface area (Å²) in [6.45, 7) is 4.35. The van der Waals surface area contributed by atoms with Gasteiger partial charge in [0.05, 0.1) is 11.0 Å². The number of hydrogen-bond acceptors (Lipinski definition) is 8. The number of nitro benzene ring substituents is 1. The van der Waals surface area contributed by atoms with Crippen molar-refractivity contribution in [3.63, 3.8) is 0 Å². The number of rotatable bonds is 7. The Morgan fingerprint density at radius 3 is 2.42 bits per heavy atom. The Morgan fingerprint density at radius 2 is 1.76 bits per heavy atom. The van der Waals surface area contributed by atoms with Crippen molar-refractivity contribution in [1.29, 1.82) is 0 Å². The molecule has 0 unspecified atom stereocenters. The maximum absolute atomic E-state index is 13.1. The van der Waals surface area contributed by atoms with Crippen molar-refractivity contribution in [1.82, 2.24) is 4.57 Å². The molecule has 1 atom stereocenters. The molecule has 0 radical (unpaired) electrons. The topological polar surface area (TPSA) is 135 Å². The van der Waals surface area contributed by atoms with Crippen molar-refractivity contribution in [2.24, 2.45) is 0 Å². The van der Waals surface area contributed by atoms with Crippen LogP contribution in [0.5, 0.6) is 0 Å². The van der Waals surface area contributed by atoms with Crippen molar-refractivity contribution < 1.29 is 33.6 Å². The van der Waals surface area contributed by atoms with Gasteiger partial charge in [-0.05, 0) is 44.9 Å². The minimum absolute atomic E-state index is 0.0205. The first-order valence-corrected chi connectivity index (χ1v) is 12.2. The summed E-state index contributed by atoms with van der Waals surface area (Å²) < 4.78 is 12.9. The molecule has 1 aromatic heterocycles. The molecule has 38 heavy (non-hydrogen) atoms. The van der Waals surface area contributed by atoms with E-state index < -0.39 is 51.7 Å². The van der Waals surface area contributed by atoms with Crippen LogP contribution in [0, 0.1) is 24.0 Å². The lowest BCUT2D eigenvalue weighted by atomic mass is 9.82. The fourth-order valence-electron chi connectivity index (χ4n) is 5.17. The maximum Gasteiger partial charge on any atom is 0.345 e. The van der Waals surface area contributed by atoms with Crippen LogP contribution in [0.25, 0.3) is 0 Å². The molecule has 1 saturated heterocycles. The van der Waals surface area contributed by atoms with Crippen LogP contribution in [0.3, 0.4) is 0 Å². The number of benzene rings is 2. The molecule has 0 N–H and O–H groups in total. The van der Waals surface area contributed by atoms with Gasteiger partial charge in [0.1, 0.15) is 11.1 Å². The van der Waals surface area contributed by atoms with Crippen LogP contribution >= 0.6 is 0 Å². The highest BCUT2D eigenvalue weighted by molar-refractivity contribution is 6.30. The van der Waals surface area contributed by atoms with Crippen LogP contribution in [0.1, 0.15) is 76.8 Å². The van der Waals surface area contributed by atoms with Gasteiger partial charge in [-0.2, -0.15) is 0 Å². The number of aromatic nitrogens is 1. The highest BCUT2D eigenvalue weighted by Gasteiger charge is 2.39. The summed E-state index contributed by atoms with van der Waals surface area (Å²) in [5, 5.41) is 12.0. The Bertz CT molecular complexity index is 1530. The van der Waals surface area contributed by atoms with Gasteiger partial charge in [-0.15, -0.1) is 0 Å². The Morgan fingerprint density at radius 1 is 1.05 bits per heavy atom. The van der Waals surface area contributed by atoms with Gasteiger partial charge in [-0.3, -0.25) is 24.5 Å². The second-order valence-corrected chi connectivity index (χ2v) is 9.37. The number of esters is 1. The number of hydrogen-bond donors (Lipinski definition) is 0. The molecule has 2 aliphatic rings. The highest BCUT2D eigenvalue weighted by atomic mass is 16.6. The lowest BCUT2D eigenvalue weighted by Gasteiger charge is -2.18. The normalized spacial score (nSPS) is 16.2. The quantitative estimate of drug-likeness (QED) is 0.156. The summed E-state index contributed by atoms with van der Waals surface area (Å²) in [6, 6.07) is 10.0. The van der Waals surface area contributed by atoms with Gasteiger partial charge in [-0.1, -0.05) is 24.3 Å². The average molecular weight is 517 g/mol. The molecule has 0 amide bonds. The Kier molecular flexibility index (Phi) is 6.50. The van der Waals surface area contributed by atoms with Gasteiger partial charge in [-0.25, -0.2) is 4.79 Å². The summed E-state index contributed by atoms with van der Waals surface area (Å²) in [5.41, 5.74) is 0.162. The van der Waals surface area contributed by atoms with E-state index in [0.717, 1.165) is 24.6 Å². The van der Waals surface area contributed by atoms with E-state index >= 15 is 0 Å². The van der Waals surface area contributed by atoms with Crippen LogP contribution in [0.15, 0.2) is 42.5 Å². The molecule has 5 rings (SSSR count). The SMILES string of the molecule is Cc1cc(C(=O)COC(=O)c2ccc3c(c2[N+](=O)[O-])C(=O)c2ccccc2C3=O)c(C)n1C[C@@H]1CCCO1. The molecule has 1 aliphatic heterocycles. The third kappa shape index (κ3) is 4.22. The fourth-order valence-corrected chi connectivity index (χ4v) is 5.17. The van der Waals surface area contributed by atoms with E-state index in [0.29, 0.717) is 24.4 Å². The molecule has 1 fully saturated rings. The number of nitro groups is 1. The number of fused-ring (bicyclic) bond motifs is 2. The van der Waals surface area contributed by atoms with E-state index in [2.05, 4.69) is 0 Å². The molecular formula is C28H24N2O8. The molecule has 0 bridgehead atoms. The average Bonchev–Trinajstić information content (AvgIpc) is 3.53. The lowest BCUT2D eigenvalue weighted by Crippen LogP contribution is -2.24. The van der Waals surface area contributed by atoms with Crippen molar-refractivity contribution in [2.75, 3.05) is 13.2 Å². The van der Waals surface area contributed by atoms with E-state index in [9.17, 15) is 29.3 Å². The predicted molar refractivity (Wildman–Crippen MR) is 134 cm³/mol. The molecule has 3 aromatic rings. The van der Waals surface area contributed by atoms with E-state index in [1.54, 1.807) is 25.1 Å². The highest BCUT2D eigenvalue weighted by Crippen LogP contribution is 2.36. The molecule has 0 saturated carbocycles. The maximum atomic E-state index is 13.1. The molecule has 10 nitrogen and oxygen atoms in total. The monoisotopic (exact) mass is 516 g/mol. The molecule has 2 heterocycles. The molecule has 1 aliphatic carbocycles. The number of nitrogens with zero attached hydrogens (tertiary/aromatic N) is 2. The standard InChI is InChI=1S/C28H24N2O8/c1-15-12-22(16(2)29(15)13-17-6-5-11-37-17)23(31)14-38-28(34)21-10-9-20-24(25(21)30(35)36)27(33)19-8-4-3-7-18(19)26(20)32/h3-4,7-10,12,17H,5-6,11,13-14H2,1-2H3/t17-/m0/s1. The summed E-state index contributed by atoms with van der Waals surface area (Å²) in [5.74, 6) is -2.89. The van der Waals surface area contributed by atoms with Crippen molar-refractivity contribution in [3.05, 3.63) is 97.3 Å². The van der Waals surface area contributed by atoms with E-state index in [4.69, 9.17) is 9.47 Å². The summed E-state index contributed by atoms with van der Waals surface area (Å²) in [4.78, 5) is 63.0. The van der Waals surface area contributed by atoms with E-state index in [-0.39, 0.29) is 22.8 Å². The fraction of sp³-hybridized carbons (Fsp3) is 0.286. The molecule has 194 valence electrons. The second-order valence-electron chi connectivity index (χ2n) is 9.37. The van der Waals surface area contributed by atoms with E-state index in [1.807, 2.05) is 11.5 Å². The first-order valence-electron chi connectivity index (χ1n) is 12.2. The van der Waals surface area contributed by atoms with Crippen LogP contribution in [-0.2, 0) is 16.0 Å². The van der Waals surface area contributed by atoms with E-state index in [1.165, 1.54) is 18.2 Å². The third-order valence-electron chi connectivity index (χ3n) is 7.09. The van der Waals surface area contributed by atoms with Gasteiger partial charge in [0.2, 0.25) is 11.6 Å². The van der Waals surface area contributed by atoms with Gasteiger partial charge in [0.15, 0.2) is 12.4 Å². The molecule has 10 heteroatoms. The van der Waals surface area contributed by atoms with Crippen molar-refractivity contribution in [2.45, 2.75) is 39.3 Å². The predicted octanol–water partition coefficient (Wildman–Crippen LogP) is 4.01. The number of ether oxygens (including phenoxy) is 2. The minimum Gasteiger partial charge on any atom is -0.454 e. The van der Waals surface area contributed by atoms with Crippen LogP contribution in [0.4, 0.5) is 5.69 Å². The largest absolute Gasteiger partial charge is 0.454 e. The van der Waals surface area contributed by atoms with Gasteiger partial charge in [0.25, 0.3) is 5.69 Å². The zero-order valence-electron chi connectivity index (χ0n) is 20.8. The third-order valence-corrected chi connectivity index (χ3v) is 7.09. The van der Waals surface area contributed by atoms with Gasteiger partial charge in [0, 0.05) is 46.8 Å². The van der Waals surface area contributed by atoms with Crippen LogP contribution in [-0.4, -0.2) is 52.1 Å². The Balaban J connectivity index is 1.39. The van der Waals surface area contributed by atoms with Crippen LogP contribution in [0.2, 0.25) is 0 Å².